The fourth-order valence-electron chi connectivity index (χ4n) is 8.45. The van der Waals surface area contributed by atoms with E-state index in [2.05, 4.69) is 140 Å². The van der Waals surface area contributed by atoms with Crippen LogP contribution in [0.3, 0.4) is 0 Å². The lowest BCUT2D eigenvalue weighted by Crippen LogP contribution is -2.00. The first-order valence-electron chi connectivity index (χ1n) is 20.9. The molecule has 63 heavy (non-hydrogen) atoms. The molecule has 11 aromatic rings. The van der Waals surface area contributed by atoms with E-state index in [-0.39, 0.29) is 0 Å². The minimum absolute atomic E-state index is 0.522. The van der Waals surface area contributed by atoms with Crippen molar-refractivity contribution in [1.29, 1.82) is 5.26 Å². The molecule has 11 rings (SSSR count). The van der Waals surface area contributed by atoms with Crippen LogP contribution in [0.4, 0.5) is 0 Å². The lowest BCUT2D eigenvalue weighted by Gasteiger charge is -2.11. The summed E-state index contributed by atoms with van der Waals surface area (Å²) in [5.41, 5.74) is 15.4. The Morgan fingerprint density at radius 3 is 1.37 bits per heavy atom. The fraction of sp³-hybridized carbons (Fsp3) is 0. The summed E-state index contributed by atoms with van der Waals surface area (Å²) in [6.07, 6.45) is 0. The third-order valence-electron chi connectivity index (χ3n) is 11.6. The van der Waals surface area contributed by atoms with Crippen molar-refractivity contribution in [2.75, 3.05) is 0 Å². The quantitative estimate of drug-likeness (QED) is 0.153. The van der Waals surface area contributed by atoms with E-state index in [1.54, 1.807) is 0 Å². The standard InChI is InChI=1S/C58H36N4O/c59-37-49-17-7-8-24-50(49)44-20-11-23-47(35-44)57-60-56(46-22-10-19-43(34-46)41-29-27-40(28-30-41)38-13-3-1-4-14-38)61-58(62-57)48-31-32-52-54(36-48)63-53-26-12-25-51(55(52)53)45-21-9-18-42(33-45)39-15-5-2-6-16-39/h1-36H. The van der Waals surface area contributed by atoms with E-state index in [1.807, 2.05) is 84.9 Å². The minimum atomic E-state index is 0.522. The van der Waals surface area contributed by atoms with Crippen LogP contribution in [-0.4, -0.2) is 15.0 Å². The normalized spacial score (nSPS) is 11.2. The third-order valence-corrected chi connectivity index (χ3v) is 11.6. The molecular weight excluding hydrogens is 769 g/mol. The number of fused-ring (bicyclic) bond motifs is 3. The van der Waals surface area contributed by atoms with Gasteiger partial charge in [-0.3, -0.25) is 0 Å². The summed E-state index contributed by atoms with van der Waals surface area (Å²) >= 11 is 0. The highest BCUT2D eigenvalue weighted by molar-refractivity contribution is 6.13. The van der Waals surface area contributed by atoms with Gasteiger partial charge >= 0.3 is 0 Å². The molecule has 0 fully saturated rings. The zero-order valence-corrected chi connectivity index (χ0v) is 34.0. The maximum atomic E-state index is 9.92. The maximum absolute atomic E-state index is 9.92. The van der Waals surface area contributed by atoms with Crippen LogP contribution in [0.15, 0.2) is 223 Å². The summed E-state index contributed by atoms with van der Waals surface area (Å²) in [6.45, 7) is 0. The Labute approximate surface area is 364 Å². The molecule has 5 heteroatoms. The topological polar surface area (TPSA) is 75.6 Å². The molecule has 5 nitrogen and oxygen atoms in total. The molecule has 0 amide bonds. The molecule has 0 saturated heterocycles. The van der Waals surface area contributed by atoms with Crippen LogP contribution in [-0.2, 0) is 0 Å². The van der Waals surface area contributed by atoms with E-state index >= 15 is 0 Å². The Morgan fingerprint density at radius 2 is 0.730 bits per heavy atom. The van der Waals surface area contributed by atoms with Crippen molar-refractivity contribution in [1.82, 2.24) is 15.0 Å². The molecule has 0 aliphatic heterocycles. The molecule has 0 N–H and O–H groups in total. The van der Waals surface area contributed by atoms with Crippen LogP contribution in [0, 0.1) is 11.3 Å². The van der Waals surface area contributed by atoms with E-state index in [0.29, 0.717) is 23.0 Å². The van der Waals surface area contributed by atoms with Crippen molar-refractivity contribution < 1.29 is 4.42 Å². The Morgan fingerprint density at radius 1 is 0.317 bits per heavy atom. The van der Waals surface area contributed by atoms with Crippen molar-refractivity contribution in [3.8, 4) is 95.9 Å². The highest BCUT2D eigenvalue weighted by Gasteiger charge is 2.18. The SMILES string of the molecule is N#Cc1ccccc1-c1cccc(-c2nc(-c3cccc(-c4ccc(-c5ccccc5)cc4)c3)nc(-c3ccc4c(c3)oc3cccc(-c5cccc(-c6ccccc6)c5)c34)n2)c1. The number of hydrogen-bond acceptors (Lipinski definition) is 5. The van der Waals surface area contributed by atoms with Crippen LogP contribution in [0.2, 0.25) is 0 Å². The van der Waals surface area contributed by atoms with Crippen molar-refractivity contribution in [2.45, 2.75) is 0 Å². The summed E-state index contributed by atoms with van der Waals surface area (Å²) in [6, 6.07) is 77.0. The fourth-order valence-corrected chi connectivity index (χ4v) is 8.45. The van der Waals surface area contributed by atoms with E-state index < -0.39 is 0 Å². The summed E-state index contributed by atoms with van der Waals surface area (Å²) in [7, 11) is 0. The van der Waals surface area contributed by atoms with Gasteiger partial charge in [0.25, 0.3) is 0 Å². The first-order valence-corrected chi connectivity index (χ1v) is 20.9. The summed E-state index contributed by atoms with van der Waals surface area (Å²) in [4.78, 5) is 15.4. The molecule has 0 aliphatic rings. The number of nitriles is 1. The lowest BCUT2D eigenvalue weighted by atomic mass is 9.96. The van der Waals surface area contributed by atoms with Gasteiger partial charge in [0.15, 0.2) is 17.5 Å². The lowest BCUT2D eigenvalue weighted by molar-refractivity contribution is 0.669. The second-order valence-corrected chi connectivity index (χ2v) is 15.5. The third kappa shape index (κ3) is 7.22. The van der Waals surface area contributed by atoms with Crippen molar-refractivity contribution in [3.63, 3.8) is 0 Å². The number of benzene rings is 9. The second-order valence-electron chi connectivity index (χ2n) is 15.5. The van der Waals surface area contributed by atoms with Gasteiger partial charge in [-0.15, -0.1) is 0 Å². The molecule has 0 radical (unpaired) electrons. The first-order chi connectivity index (χ1) is 31.1. The van der Waals surface area contributed by atoms with Gasteiger partial charge in [-0.25, -0.2) is 15.0 Å². The molecular formula is C58H36N4O. The Hall–Kier alpha value is -8.72. The number of aromatic nitrogens is 3. The van der Waals surface area contributed by atoms with Gasteiger partial charge in [-0.2, -0.15) is 5.26 Å². The number of nitrogens with zero attached hydrogens (tertiary/aromatic N) is 4. The molecule has 0 aliphatic carbocycles. The van der Waals surface area contributed by atoms with E-state index in [4.69, 9.17) is 19.4 Å². The highest BCUT2D eigenvalue weighted by Crippen LogP contribution is 2.40. The molecule has 2 aromatic heterocycles. The summed E-state index contributed by atoms with van der Waals surface area (Å²) in [5, 5.41) is 12.0. The maximum Gasteiger partial charge on any atom is 0.164 e. The molecule has 0 saturated carbocycles. The van der Waals surface area contributed by atoms with E-state index in [1.165, 1.54) is 11.1 Å². The molecule has 0 unspecified atom stereocenters. The zero-order chi connectivity index (χ0) is 42.1. The molecule has 0 atom stereocenters. The summed E-state index contributed by atoms with van der Waals surface area (Å²) < 4.78 is 6.61. The van der Waals surface area contributed by atoms with Gasteiger partial charge in [0.1, 0.15) is 11.2 Å². The largest absolute Gasteiger partial charge is 0.456 e. The smallest absolute Gasteiger partial charge is 0.164 e. The minimum Gasteiger partial charge on any atom is -0.456 e. The second kappa shape index (κ2) is 16.0. The predicted octanol–water partition coefficient (Wildman–Crippen LogP) is 15.0. The predicted molar refractivity (Wildman–Crippen MR) is 255 cm³/mol. The van der Waals surface area contributed by atoms with Crippen LogP contribution < -0.4 is 0 Å². The monoisotopic (exact) mass is 804 g/mol. The van der Waals surface area contributed by atoms with Crippen LogP contribution in [0.5, 0.6) is 0 Å². The molecule has 0 spiro atoms. The average Bonchev–Trinajstić information content (AvgIpc) is 3.75. The van der Waals surface area contributed by atoms with Crippen molar-refractivity contribution in [2.24, 2.45) is 0 Å². The Balaban J connectivity index is 1.03. The van der Waals surface area contributed by atoms with Crippen molar-refractivity contribution >= 4 is 21.9 Å². The first kappa shape index (κ1) is 37.3. The average molecular weight is 805 g/mol. The zero-order valence-electron chi connectivity index (χ0n) is 34.0. The van der Waals surface area contributed by atoms with Gasteiger partial charge in [0, 0.05) is 27.5 Å². The summed E-state index contributed by atoms with van der Waals surface area (Å²) in [5.74, 6) is 1.59. The highest BCUT2D eigenvalue weighted by atomic mass is 16.3. The number of rotatable bonds is 8. The molecule has 2 heterocycles. The van der Waals surface area contributed by atoms with Gasteiger partial charge in [0.2, 0.25) is 0 Å². The van der Waals surface area contributed by atoms with Crippen LogP contribution in [0.25, 0.3) is 112 Å². The van der Waals surface area contributed by atoms with E-state index in [9.17, 15) is 5.26 Å². The Bertz CT molecular complexity index is 3510. The van der Waals surface area contributed by atoms with Gasteiger partial charge < -0.3 is 4.42 Å². The van der Waals surface area contributed by atoms with Crippen molar-refractivity contribution in [3.05, 3.63) is 224 Å². The molecule has 294 valence electrons. The van der Waals surface area contributed by atoms with Crippen LogP contribution >= 0.6 is 0 Å². The van der Waals surface area contributed by atoms with Crippen LogP contribution in [0.1, 0.15) is 5.56 Å². The molecule has 9 aromatic carbocycles. The number of furan rings is 1. The van der Waals surface area contributed by atoms with Gasteiger partial charge in [-0.1, -0.05) is 176 Å². The van der Waals surface area contributed by atoms with Gasteiger partial charge in [-0.05, 0) is 98.1 Å². The number of hydrogen-bond donors (Lipinski definition) is 0. The van der Waals surface area contributed by atoms with E-state index in [0.717, 1.165) is 83.1 Å². The van der Waals surface area contributed by atoms with Gasteiger partial charge in [0.05, 0.1) is 11.6 Å². The molecule has 0 bridgehead atoms. The Kier molecular flexibility index (Phi) is 9.50.